The Morgan fingerprint density at radius 1 is 0.645 bits per heavy atom. The van der Waals surface area contributed by atoms with Crippen LogP contribution in [0.25, 0.3) is 0 Å². The Balaban J connectivity index is 1.71. The van der Waals surface area contributed by atoms with E-state index in [-0.39, 0.29) is 17.9 Å². The lowest BCUT2D eigenvalue weighted by molar-refractivity contribution is 0.0692. The summed E-state index contributed by atoms with van der Waals surface area (Å²) in [4.78, 5) is 30.8. The first kappa shape index (κ1) is 20.9. The maximum Gasteiger partial charge on any atom is 0.263 e. The first-order chi connectivity index (χ1) is 15.2. The van der Waals surface area contributed by atoms with E-state index in [0.29, 0.717) is 11.1 Å². The van der Waals surface area contributed by atoms with Crippen molar-refractivity contribution in [3.63, 3.8) is 0 Å². The second kappa shape index (κ2) is 9.61. The van der Waals surface area contributed by atoms with Crippen molar-refractivity contribution in [3.05, 3.63) is 96.1 Å². The minimum atomic E-state index is -0.210. The zero-order valence-electron chi connectivity index (χ0n) is 17.9. The van der Waals surface area contributed by atoms with Crippen molar-refractivity contribution in [1.82, 2.24) is 4.90 Å². The summed E-state index contributed by atoms with van der Waals surface area (Å²) in [6.07, 6.45) is 5.59. The molecule has 0 aromatic heterocycles. The number of nitrogens with zero attached hydrogens (tertiary/aromatic N) is 2. The van der Waals surface area contributed by atoms with E-state index in [4.69, 9.17) is 0 Å². The molecule has 0 spiro atoms. The number of hydrogen-bond acceptors (Lipinski definition) is 2. The van der Waals surface area contributed by atoms with Gasteiger partial charge in [0.15, 0.2) is 0 Å². The van der Waals surface area contributed by atoms with Gasteiger partial charge in [0.2, 0.25) is 0 Å². The molecule has 0 saturated heterocycles. The van der Waals surface area contributed by atoms with Crippen LogP contribution >= 0.6 is 0 Å². The summed E-state index contributed by atoms with van der Waals surface area (Å²) in [5, 5.41) is 0. The summed E-state index contributed by atoms with van der Waals surface area (Å²) in [7, 11) is 1.87. The van der Waals surface area contributed by atoms with Crippen LogP contribution in [0, 0.1) is 0 Å². The van der Waals surface area contributed by atoms with Gasteiger partial charge in [-0.25, -0.2) is 0 Å². The Bertz CT molecular complexity index is 988. The molecular weight excluding hydrogens is 384 g/mol. The predicted octanol–water partition coefficient (Wildman–Crippen LogP) is 6.07. The molecule has 2 amide bonds. The fourth-order valence-electron chi connectivity index (χ4n) is 4.34. The first-order valence-electron chi connectivity index (χ1n) is 11.0. The second-order valence-electron chi connectivity index (χ2n) is 8.07. The Morgan fingerprint density at radius 2 is 1.10 bits per heavy atom. The van der Waals surface area contributed by atoms with Gasteiger partial charge in [0.05, 0.1) is 11.1 Å². The van der Waals surface area contributed by atoms with Gasteiger partial charge in [-0.3, -0.25) is 14.5 Å². The highest BCUT2D eigenvalue weighted by molar-refractivity contribution is 6.16. The molecule has 3 aromatic carbocycles. The fraction of sp³-hybridized carbons (Fsp3) is 0.259. The Labute approximate surface area is 184 Å². The van der Waals surface area contributed by atoms with E-state index >= 15 is 0 Å². The van der Waals surface area contributed by atoms with Crippen molar-refractivity contribution in [1.29, 1.82) is 0 Å². The summed E-state index contributed by atoms with van der Waals surface area (Å²) in [6.45, 7) is 0. The van der Waals surface area contributed by atoms with Gasteiger partial charge in [-0.05, 0) is 49.2 Å². The largest absolute Gasteiger partial charge is 0.339 e. The lowest BCUT2D eigenvalue weighted by atomic mass is 9.93. The SMILES string of the molecule is CN(C(=O)c1ccccc1C(=O)N(c1ccccc1)c1ccccc1)C1CCCCC1. The van der Waals surface area contributed by atoms with E-state index < -0.39 is 0 Å². The van der Waals surface area contributed by atoms with E-state index in [0.717, 1.165) is 37.1 Å². The van der Waals surface area contributed by atoms with Crippen LogP contribution in [0.3, 0.4) is 0 Å². The molecule has 4 rings (SSSR count). The average molecular weight is 413 g/mol. The van der Waals surface area contributed by atoms with Crippen LogP contribution in [0.15, 0.2) is 84.9 Å². The van der Waals surface area contributed by atoms with Crippen LogP contribution in [0.4, 0.5) is 11.4 Å². The normalized spacial score (nSPS) is 14.1. The number of para-hydroxylation sites is 2. The zero-order valence-corrected chi connectivity index (χ0v) is 17.9. The molecule has 0 radical (unpaired) electrons. The summed E-state index contributed by atoms with van der Waals surface area (Å²) >= 11 is 0. The number of hydrogen-bond donors (Lipinski definition) is 0. The van der Waals surface area contributed by atoms with Gasteiger partial charge in [0.1, 0.15) is 0 Å². The molecule has 4 nitrogen and oxygen atoms in total. The standard InChI is InChI=1S/C27H28N2O2/c1-28(21-13-5-2-6-14-21)26(30)24-19-11-12-20-25(24)27(31)29(22-15-7-3-8-16-22)23-17-9-4-10-18-23/h3-4,7-12,15-21H,2,5-6,13-14H2,1H3. The number of carbonyl (C=O) groups is 2. The lowest BCUT2D eigenvalue weighted by Crippen LogP contribution is -2.39. The highest BCUT2D eigenvalue weighted by Crippen LogP contribution is 2.29. The molecule has 1 aliphatic carbocycles. The third kappa shape index (κ3) is 4.53. The molecule has 1 saturated carbocycles. The number of amides is 2. The highest BCUT2D eigenvalue weighted by Gasteiger charge is 2.28. The molecule has 4 heteroatoms. The zero-order chi connectivity index (χ0) is 21.6. The summed E-state index contributed by atoms with van der Waals surface area (Å²) in [6, 6.07) is 26.5. The molecule has 0 aliphatic heterocycles. The smallest absolute Gasteiger partial charge is 0.263 e. The first-order valence-corrected chi connectivity index (χ1v) is 11.0. The molecule has 1 fully saturated rings. The van der Waals surface area contributed by atoms with E-state index in [2.05, 4.69) is 0 Å². The van der Waals surface area contributed by atoms with Gasteiger partial charge < -0.3 is 4.90 Å². The van der Waals surface area contributed by atoms with E-state index in [1.54, 1.807) is 17.0 Å². The van der Waals surface area contributed by atoms with Crippen molar-refractivity contribution >= 4 is 23.2 Å². The molecule has 0 heterocycles. The molecule has 0 unspecified atom stereocenters. The maximum absolute atomic E-state index is 13.8. The molecule has 0 bridgehead atoms. The van der Waals surface area contributed by atoms with Gasteiger partial charge in [0.25, 0.3) is 11.8 Å². The quantitative estimate of drug-likeness (QED) is 0.510. The van der Waals surface area contributed by atoms with Gasteiger partial charge in [-0.2, -0.15) is 0 Å². The van der Waals surface area contributed by atoms with Crippen molar-refractivity contribution in [2.75, 3.05) is 11.9 Å². The third-order valence-corrected chi connectivity index (χ3v) is 6.06. The second-order valence-corrected chi connectivity index (χ2v) is 8.07. The molecule has 0 N–H and O–H groups in total. The van der Waals surface area contributed by atoms with Crippen molar-refractivity contribution < 1.29 is 9.59 Å². The molecular formula is C27H28N2O2. The molecule has 1 aliphatic rings. The van der Waals surface area contributed by atoms with Crippen LogP contribution in [0.1, 0.15) is 52.8 Å². The van der Waals surface area contributed by atoms with Crippen molar-refractivity contribution in [2.45, 2.75) is 38.1 Å². The number of rotatable bonds is 5. The topological polar surface area (TPSA) is 40.6 Å². The van der Waals surface area contributed by atoms with E-state index in [1.165, 1.54) is 6.42 Å². The minimum absolute atomic E-state index is 0.0862. The maximum atomic E-state index is 13.8. The van der Waals surface area contributed by atoms with Gasteiger partial charge in [-0.1, -0.05) is 67.8 Å². The Hall–Kier alpha value is -3.40. The van der Waals surface area contributed by atoms with Crippen LogP contribution in [-0.4, -0.2) is 29.8 Å². The van der Waals surface area contributed by atoms with Gasteiger partial charge >= 0.3 is 0 Å². The molecule has 31 heavy (non-hydrogen) atoms. The van der Waals surface area contributed by atoms with Crippen LogP contribution < -0.4 is 4.90 Å². The number of carbonyl (C=O) groups excluding carboxylic acids is 2. The third-order valence-electron chi connectivity index (χ3n) is 6.06. The van der Waals surface area contributed by atoms with Crippen LogP contribution in [0.5, 0.6) is 0 Å². The van der Waals surface area contributed by atoms with E-state index in [1.807, 2.05) is 84.7 Å². The number of anilines is 2. The van der Waals surface area contributed by atoms with Crippen LogP contribution in [0.2, 0.25) is 0 Å². The highest BCUT2D eigenvalue weighted by atomic mass is 16.2. The van der Waals surface area contributed by atoms with E-state index in [9.17, 15) is 9.59 Å². The predicted molar refractivity (Wildman–Crippen MR) is 125 cm³/mol. The minimum Gasteiger partial charge on any atom is -0.339 e. The summed E-state index contributed by atoms with van der Waals surface area (Å²) in [5.41, 5.74) is 2.41. The Kier molecular flexibility index (Phi) is 6.46. The van der Waals surface area contributed by atoms with Gasteiger partial charge in [-0.15, -0.1) is 0 Å². The number of benzene rings is 3. The summed E-state index contributed by atoms with van der Waals surface area (Å²) < 4.78 is 0. The summed E-state index contributed by atoms with van der Waals surface area (Å²) in [5.74, 6) is -0.296. The Morgan fingerprint density at radius 3 is 1.61 bits per heavy atom. The van der Waals surface area contributed by atoms with Gasteiger partial charge in [0, 0.05) is 24.5 Å². The monoisotopic (exact) mass is 412 g/mol. The van der Waals surface area contributed by atoms with Crippen LogP contribution in [-0.2, 0) is 0 Å². The van der Waals surface area contributed by atoms with Crippen molar-refractivity contribution in [2.24, 2.45) is 0 Å². The average Bonchev–Trinajstić information content (AvgIpc) is 2.85. The molecule has 0 atom stereocenters. The molecule has 3 aromatic rings. The molecule has 158 valence electrons. The lowest BCUT2D eigenvalue weighted by Gasteiger charge is -2.32. The van der Waals surface area contributed by atoms with Crippen molar-refractivity contribution in [3.8, 4) is 0 Å². The fourth-order valence-corrected chi connectivity index (χ4v) is 4.34.